The Labute approximate surface area is 326 Å². The monoisotopic (exact) mass is 722 g/mol. The van der Waals surface area contributed by atoms with Crippen LogP contribution in [0.2, 0.25) is 0 Å². The van der Waals surface area contributed by atoms with E-state index < -0.39 is 0 Å². The van der Waals surface area contributed by atoms with Crippen LogP contribution in [0, 0.1) is 18.3 Å². The molecule has 0 fully saturated rings. The Kier molecular flexibility index (Phi) is 14.5. The van der Waals surface area contributed by atoms with E-state index in [2.05, 4.69) is 176 Å². The van der Waals surface area contributed by atoms with Crippen LogP contribution in [0.1, 0.15) is 91.7 Å². The molecule has 2 heterocycles. The van der Waals surface area contributed by atoms with Crippen LogP contribution in [-0.4, -0.2) is 12.9 Å². The summed E-state index contributed by atoms with van der Waals surface area (Å²) in [5.74, 6) is 1.20. The first-order chi connectivity index (χ1) is 26.1. The minimum absolute atomic E-state index is 0.0288. The van der Waals surface area contributed by atoms with Gasteiger partial charge < -0.3 is 19.3 Å². The standard InChI is InChI=1S/C48H58N2O2.C2H4/c1-10-14-23-41-36(6)49(44-26-17-15-24-42(44)47(41,7)8)40-29-28-35(5)46(34-40)52-32-30-38(22-19-20-31-51)50-39(21-11-2)33-37(12-3)48(9,13-4)43-25-16-18-27-45(43)50;1-2/h10-11,14,16-19,21-23,25-31,33-34,37H,1,12-13,15,20,24,32H2,2-9H3;1-2H2/b21-11-,22-19-,23-14-,38-30+;. The van der Waals surface area contributed by atoms with Gasteiger partial charge in [-0.15, -0.1) is 13.2 Å². The lowest BCUT2D eigenvalue weighted by molar-refractivity contribution is -0.107. The minimum Gasteiger partial charge on any atom is -0.489 e. The number of carbonyl (C=O) groups excluding carboxylic acids is 1. The van der Waals surface area contributed by atoms with Crippen LogP contribution in [0.4, 0.5) is 11.4 Å². The fraction of sp³-hybridized carbons (Fsp3) is 0.340. The van der Waals surface area contributed by atoms with Crippen molar-refractivity contribution in [3.63, 3.8) is 0 Å². The van der Waals surface area contributed by atoms with Gasteiger partial charge in [0.05, 0.1) is 0 Å². The lowest BCUT2D eigenvalue weighted by Crippen LogP contribution is -2.35. The van der Waals surface area contributed by atoms with Crippen molar-refractivity contribution < 1.29 is 9.53 Å². The predicted molar refractivity (Wildman–Crippen MR) is 233 cm³/mol. The fourth-order valence-corrected chi connectivity index (χ4v) is 8.38. The lowest BCUT2D eigenvalue weighted by atomic mass is 9.68. The summed E-state index contributed by atoms with van der Waals surface area (Å²) in [6.07, 6.45) is 29.0. The Balaban J connectivity index is 0.00000319. The Morgan fingerprint density at radius 3 is 2.50 bits per heavy atom. The van der Waals surface area contributed by atoms with Crippen molar-refractivity contribution in [2.75, 3.05) is 16.4 Å². The zero-order chi connectivity index (χ0) is 39.5. The summed E-state index contributed by atoms with van der Waals surface area (Å²) in [5, 5.41) is 0. The van der Waals surface area contributed by atoms with Crippen LogP contribution in [0.15, 0.2) is 163 Å². The number of allylic oxidation sites excluding steroid dienone is 13. The maximum Gasteiger partial charge on any atom is 0.124 e. The smallest absolute Gasteiger partial charge is 0.124 e. The van der Waals surface area contributed by atoms with Crippen LogP contribution in [-0.2, 0) is 10.2 Å². The molecule has 0 saturated heterocycles. The summed E-state index contributed by atoms with van der Waals surface area (Å²) in [6, 6.07) is 15.3. The zero-order valence-corrected chi connectivity index (χ0v) is 34.1. The SMILES string of the molecule is C=C.C=C/C=C\C1=C(C)N(c2ccc(C)c(OC/C=C(\C=C/CC=O)N3C(/C=C\C)=CC(CC)C(C)(CC)c4ccccc43)c2)C2=C(CCC=C2)C1(C)C. The first-order valence-corrected chi connectivity index (χ1v) is 19.6. The molecular formula is C50H62N2O2. The second-order valence-corrected chi connectivity index (χ2v) is 14.8. The zero-order valence-electron chi connectivity index (χ0n) is 34.1. The first kappa shape index (κ1) is 41.7. The van der Waals surface area contributed by atoms with Crippen LogP contribution in [0.5, 0.6) is 5.75 Å². The molecule has 2 aliphatic heterocycles. The maximum absolute atomic E-state index is 11.5. The van der Waals surface area contributed by atoms with Crippen molar-refractivity contribution in [3.05, 3.63) is 174 Å². The molecule has 0 N–H and O–H groups in total. The average molecular weight is 723 g/mol. The normalized spacial score (nSPS) is 21.1. The summed E-state index contributed by atoms with van der Waals surface area (Å²) in [4.78, 5) is 16.2. The molecule has 0 radical (unpaired) electrons. The number of benzene rings is 2. The van der Waals surface area contributed by atoms with E-state index in [0.717, 1.165) is 66.1 Å². The average Bonchev–Trinajstić information content (AvgIpc) is 3.28. The molecule has 0 spiro atoms. The van der Waals surface area contributed by atoms with Crippen LogP contribution < -0.4 is 14.5 Å². The van der Waals surface area contributed by atoms with Gasteiger partial charge in [-0.2, -0.15) is 0 Å². The molecule has 0 saturated carbocycles. The Morgan fingerprint density at radius 2 is 1.81 bits per heavy atom. The number of aldehydes is 1. The molecule has 4 heteroatoms. The fourth-order valence-electron chi connectivity index (χ4n) is 8.38. The van der Waals surface area contributed by atoms with Crippen molar-refractivity contribution >= 4 is 17.7 Å². The molecule has 2 atom stereocenters. The van der Waals surface area contributed by atoms with Gasteiger partial charge in [-0.1, -0.05) is 108 Å². The van der Waals surface area contributed by atoms with Crippen LogP contribution in [0.25, 0.3) is 0 Å². The van der Waals surface area contributed by atoms with Gasteiger partial charge in [0.1, 0.15) is 18.6 Å². The molecule has 0 bridgehead atoms. The second-order valence-electron chi connectivity index (χ2n) is 14.8. The van der Waals surface area contributed by atoms with E-state index in [4.69, 9.17) is 4.74 Å². The molecule has 3 aliphatic rings. The number of nitrogens with zero attached hydrogens (tertiary/aromatic N) is 2. The van der Waals surface area contributed by atoms with Crippen LogP contribution in [0.3, 0.4) is 0 Å². The number of aryl methyl sites for hydroxylation is 1. The molecule has 1 aliphatic carbocycles. The molecule has 5 rings (SSSR count). The van der Waals surface area contributed by atoms with E-state index in [0.29, 0.717) is 18.9 Å². The van der Waals surface area contributed by atoms with Gasteiger partial charge in [-0.05, 0) is 111 Å². The molecule has 2 aromatic carbocycles. The number of hydrogen-bond acceptors (Lipinski definition) is 4. The highest BCUT2D eigenvalue weighted by atomic mass is 16.5. The van der Waals surface area contributed by atoms with Crippen molar-refractivity contribution in [2.45, 2.75) is 92.9 Å². The number of fused-ring (bicyclic) bond motifs is 1. The molecule has 284 valence electrons. The van der Waals surface area contributed by atoms with E-state index in [1.165, 1.54) is 28.1 Å². The minimum atomic E-state index is -0.0826. The number of para-hydroxylation sites is 1. The molecular weight excluding hydrogens is 661 g/mol. The van der Waals surface area contributed by atoms with Crippen molar-refractivity contribution in [1.82, 2.24) is 0 Å². The highest BCUT2D eigenvalue weighted by molar-refractivity contribution is 5.71. The van der Waals surface area contributed by atoms with Gasteiger partial charge in [0, 0.05) is 57.5 Å². The molecule has 4 nitrogen and oxygen atoms in total. The third-order valence-corrected chi connectivity index (χ3v) is 11.4. The Bertz CT molecular complexity index is 1930. The van der Waals surface area contributed by atoms with E-state index >= 15 is 0 Å². The number of ether oxygens (including phenoxy) is 1. The van der Waals surface area contributed by atoms with Crippen molar-refractivity contribution in [2.24, 2.45) is 11.3 Å². The van der Waals surface area contributed by atoms with Gasteiger partial charge in [0.2, 0.25) is 0 Å². The van der Waals surface area contributed by atoms with Crippen molar-refractivity contribution in [1.29, 1.82) is 0 Å². The second kappa shape index (κ2) is 18.8. The van der Waals surface area contributed by atoms with Gasteiger partial charge >= 0.3 is 0 Å². The van der Waals surface area contributed by atoms with E-state index in [-0.39, 0.29) is 10.8 Å². The molecule has 2 unspecified atom stereocenters. The maximum atomic E-state index is 11.5. The third-order valence-electron chi connectivity index (χ3n) is 11.4. The van der Waals surface area contributed by atoms with Gasteiger partial charge in [0.15, 0.2) is 0 Å². The summed E-state index contributed by atoms with van der Waals surface area (Å²) < 4.78 is 6.67. The molecule has 0 amide bonds. The number of rotatable bonds is 13. The summed E-state index contributed by atoms with van der Waals surface area (Å²) >= 11 is 0. The topological polar surface area (TPSA) is 32.8 Å². The van der Waals surface area contributed by atoms with E-state index in [1.807, 2.05) is 18.2 Å². The summed E-state index contributed by atoms with van der Waals surface area (Å²) in [7, 11) is 0. The van der Waals surface area contributed by atoms with E-state index in [9.17, 15) is 4.79 Å². The summed E-state index contributed by atoms with van der Waals surface area (Å²) in [5.41, 5.74) is 11.9. The highest BCUT2D eigenvalue weighted by Gasteiger charge is 2.39. The van der Waals surface area contributed by atoms with Crippen LogP contribution >= 0.6 is 0 Å². The highest BCUT2D eigenvalue weighted by Crippen LogP contribution is 2.51. The van der Waals surface area contributed by atoms with Crippen molar-refractivity contribution in [3.8, 4) is 5.75 Å². The number of anilines is 2. The number of hydrogen-bond donors (Lipinski definition) is 0. The Morgan fingerprint density at radius 1 is 1.06 bits per heavy atom. The molecule has 0 aromatic heterocycles. The number of carbonyl (C=O) groups is 1. The third kappa shape index (κ3) is 8.34. The largest absolute Gasteiger partial charge is 0.489 e. The van der Waals surface area contributed by atoms with Gasteiger partial charge in [-0.3, -0.25) is 0 Å². The Hall–Kier alpha value is -5.09. The predicted octanol–water partition coefficient (Wildman–Crippen LogP) is 13.3. The van der Waals surface area contributed by atoms with Gasteiger partial charge in [0.25, 0.3) is 0 Å². The van der Waals surface area contributed by atoms with E-state index in [1.54, 1.807) is 0 Å². The van der Waals surface area contributed by atoms with Gasteiger partial charge in [-0.25, -0.2) is 0 Å². The first-order valence-electron chi connectivity index (χ1n) is 19.6. The molecule has 2 aromatic rings. The molecule has 54 heavy (non-hydrogen) atoms. The quantitative estimate of drug-likeness (QED) is 0.117. The lowest BCUT2D eigenvalue weighted by Gasteiger charge is -2.44. The summed E-state index contributed by atoms with van der Waals surface area (Å²) in [6.45, 7) is 28.4.